The maximum Gasteiger partial charge on any atom is 0.496 e. The fraction of sp³-hybridized carbons (Fsp3) is 0.538. The molecule has 0 saturated carbocycles. The second-order valence-electron chi connectivity index (χ2n) is 5.72. The van der Waals surface area contributed by atoms with Crippen molar-refractivity contribution in [2.45, 2.75) is 43.8 Å². The van der Waals surface area contributed by atoms with Gasteiger partial charge in [0, 0.05) is 27.4 Å². The third-order valence-corrected chi connectivity index (χ3v) is 4.78. The van der Waals surface area contributed by atoms with Crippen molar-refractivity contribution in [2.75, 3.05) is 6.26 Å². The number of halogens is 1. The van der Waals surface area contributed by atoms with E-state index in [2.05, 4.69) is 0 Å². The highest BCUT2D eigenvalue weighted by atomic mass is 32.2. The monoisotopic (exact) mass is 284 g/mol. The molecule has 2 rings (SSSR count). The van der Waals surface area contributed by atoms with Crippen LogP contribution >= 0.6 is 0 Å². The van der Waals surface area contributed by atoms with Crippen LogP contribution in [-0.2, 0) is 20.1 Å². The Morgan fingerprint density at radius 1 is 1.16 bits per heavy atom. The number of hydrogen-bond acceptors (Lipinski definition) is 3. The summed E-state index contributed by atoms with van der Waals surface area (Å²) in [6.07, 6.45) is 1.56. The van der Waals surface area contributed by atoms with Gasteiger partial charge in [0.25, 0.3) is 0 Å². The Morgan fingerprint density at radius 2 is 1.68 bits per heavy atom. The molecule has 1 aliphatic rings. The van der Waals surface area contributed by atoms with E-state index in [1.807, 2.05) is 27.7 Å². The topological polar surface area (TPSA) is 35.5 Å². The van der Waals surface area contributed by atoms with Crippen molar-refractivity contribution in [3.8, 4) is 0 Å². The van der Waals surface area contributed by atoms with E-state index in [1.54, 1.807) is 6.26 Å². The normalized spacial score (nSPS) is 22.5. The molecule has 0 aliphatic carbocycles. The van der Waals surface area contributed by atoms with Crippen molar-refractivity contribution >= 4 is 23.4 Å². The fourth-order valence-electron chi connectivity index (χ4n) is 1.94. The molecule has 1 saturated heterocycles. The van der Waals surface area contributed by atoms with Gasteiger partial charge >= 0.3 is 7.12 Å². The van der Waals surface area contributed by atoms with Crippen LogP contribution in [0.2, 0.25) is 0 Å². The van der Waals surface area contributed by atoms with Gasteiger partial charge in [0.05, 0.1) is 11.2 Å². The lowest BCUT2D eigenvalue weighted by molar-refractivity contribution is 0.00578. The zero-order chi connectivity index (χ0) is 14.4. The van der Waals surface area contributed by atoms with E-state index in [-0.39, 0.29) is 5.82 Å². The third kappa shape index (κ3) is 2.62. The van der Waals surface area contributed by atoms with Gasteiger partial charge in [0.1, 0.15) is 5.82 Å². The maximum absolute atomic E-state index is 13.4. The molecule has 0 radical (unpaired) electrons. The lowest BCUT2D eigenvalue weighted by atomic mass is 9.79. The van der Waals surface area contributed by atoms with Crippen molar-refractivity contribution in [3.63, 3.8) is 0 Å². The first kappa shape index (κ1) is 14.7. The molecule has 6 heteroatoms. The van der Waals surface area contributed by atoms with Crippen molar-refractivity contribution in [1.82, 2.24) is 0 Å². The molecule has 1 atom stereocenters. The van der Waals surface area contributed by atoms with Gasteiger partial charge in [-0.1, -0.05) is 0 Å². The van der Waals surface area contributed by atoms with Gasteiger partial charge in [-0.2, -0.15) is 0 Å². The Morgan fingerprint density at radius 3 is 2.16 bits per heavy atom. The number of rotatable bonds is 2. The SMILES string of the molecule is CS(=O)c1ccc(F)cc1B1OC(C)(C)C(C)(C)O1. The van der Waals surface area contributed by atoms with Crippen LogP contribution in [0.5, 0.6) is 0 Å². The van der Waals surface area contributed by atoms with Crippen molar-refractivity contribution in [1.29, 1.82) is 0 Å². The fourth-order valence-corrected chi connectivity index (χ4v) is 2.68. The van der Waals surface area contributed by atoms with E-state index < -0.39 is 29.1 Å². The van der Waals surface area contributed by atoms with Crippen LogP contribution in [0.25, 0.3) is 0 Å². The van der Waals surface area contributed by atoms with Crippen LogP contribution < -0.4 is 5.46 Å². The molecule has 19 heavy (non-hydrogen) atoms. The summed E-state index contributed by atoms with van der Waals surface area (Å²) in [6, 6.07) is 4.15. The summed E-state index contributed by atoms with van der Waals surface area (Å²) in [5.74, 6) is -0.390. The van der Waals surface area contributed by atoms with Crippen molar-refractivity contribution in [2.24, 2.45) is 0 Å². The zero-order valence-corrected chi connectivity index (χ0v) is 12.6. The Hall–Kier alpha value is -0.715. The highest BCUT2D eigenvalue weighted by Gasteiger charge is 2.52. The minimum atomic E-state index is -1.22. The second kappa shape index (κ2) is 4.68. The average molecular weight is 284 g/mol. The first-order valence-electron chi connectivity index (χ1n) is 6.12. The van der Waals surface area contributed by atoms with E-state index in [9.17, 15) is 8.60 Å². The van der Waals surface area contributed by atoms with Crippen LogP contribution in [0.15, 0.2) is 23.1 Å². The van der Waals surface area contributed by atoms with Gasteiger partial charge in [-0.15, -0.1) is 0 Å². The van der Waals surface area contributed by atoms with Crippen LogP contribution in [0.4, 0.5) is 4.39 Å². The Balaban J connectivity index is 2.44. The first-order valence-corrected chi connectivity index (χ1v) is 7.68. The maximum atomic E-state index is 13.4. The highest BCUT2D eigenvalue weighted by Crippen LogP contribution is 2.36. The largest absolute Gasteiger partial charge is 0.496 e. The van der Waals surface area contributed by atoms with Crippen LogP contribution in [-0.4, -0.2) is 28.8 Å². The lowest BCUT2D eigenvalue weighted by Gasteiger charge is -2.32. The Kier molecular flexibility index (Phi) is 3.62. The van der Waals surface area contributed by atoms with Gasteiger partial charge in [-0.3, -0.25) is 4.21 Å². The molecule has 3 nitrogen and oxygen atoms in total. The van der Waals surface area contributed by atoms with Gasteiger partial charge in [0.2, 0.25) is 0 Å². The lowest BCUT2D eigenvalue weighted by Crippen LogP contribution is -2.41. The quantitative estimate of drug-likeness (QED) is 0.778. The molecule has 0 aromatic heterocycles. The average Bonchev–Trinajstić information content (AvgIpc) is 2.47. The molecule has 104 valence electrons. The van der Waals surface area contributed by atoms with Crippen LogP contribution in [0.1, 0.15) is 27.7 Å². The van der Waals surface area contributed by atoms with E-state index in [0.717, 1.165) is 0 Å². The molecule has 1 heterocycles. The second-order valence-corrected chi connectivity index (χ2v) is 7.07. The summed E-state index contributed by atoms with van der Waals surface area (Å²) in [7, 11) is -1.92. The van der Waals surface area contributed by atoms with Crippen molar-refractivity contribution in [3.05, 3.63) is 24.0 Å². The molecule has 0 spiro atoms. The standard InChI is InChI=1S/C13H18BFO3S/c1-12(2)13(3,4)18-14(17-12)10-8-9(15)6-7-11(10)19(5)16/h6-8H,1-5H3. The third-order valence-electron chi connectivity index (χ3n) is 3.79. The van der Waals surface area contributed by atoms with Gasteiger partial charge in [0.15, 0.2) is 0 Å². The summed E-state index contributed by atoms with van der Waals surface area (Å²) in [6.45, 7) is 7.70. The van der Waals surface area contributed by atoms with Crippen molar-refractivity contribution < 1.29 is 17.9 Å². The van der Waals surface area contributed by atoms with E-state index in [4.69, 9.17) is 9.31 Å². The minimum absolute atomic E-state index is 0.390. The summed E-state index contributed by atoms with van der Waals surface area (Å²) in [4.78, 5) is 0.542. The smallest absolute Gasteiger partial charge is 0.399 e. The summed E-state index contributed by atoms with van der Waals surface area (Å²) >= 11 is 0. The summed E-state index contributed by atoms with van der Waals surface area (Å²) < 4.78 is 36.9. The molecule has 1 fully saturated rings. The molecule has 1 aliphatic heterocycles. The van der Waals surface area contributed by atoms with Crippen LogP contribution in [0.3, 0.4) is 0 Å². The number of hydrogen-bond donors (Lipinski definition) is 0. The van der Waals surface area contributed by atoms with E-state index in [0.29, 0.717) is 10.4 Å². The predicted molar refractivity (Wildman–Crippen MR) is 74.4 cm³/mol. The van der Waals surface area contributed by atoms with Gasteiger partial charge in [-0.25, -0.2) is 4.39 Å². The predicted octanol–water partition coefficient (Wildman–Crippen LogP) is 1.86. The zero-order valence-electron chi connectivity index (χ0n) is 11.8. The van der Waals surface area contributed by atoms with E-state index in [1.165, 1.54) is 18.2 Å². The Bertz CT molecular complexity index is 515. The molecule has 0 N–H and O–H groups in total. The molecule has 0 amide bonds. The molecule has 1 aromatic rings. The minimum Gasteiger partial charge on any atom is -0.399 e. The summed E-state index contributed by atoms with van der Waals surface area (Å²) in [5.41, 5.74) is -0.507. The van der Waals surface area contributed by atoms with Crippen LogP contribution in [0, 0.1) is 5.82 Å². The van der Waals surface area contributed by atoms with E-state index >= 15 is 0 Å². The summed E-state index contributed by atoms with van der Waals surface area (Å²) in [5, 5.41) is 0. The molecule has 1 aromatic carbocycles. The van der Waals surface area contributed by atoms with Gasteiger partial charge in [-0.05, 0) is 45.9 Å². The molecule has 0 bridgehead atoms. The highest BCUT2D eigenvalue weighted by molar-refractivity contribution is 7.84. The molecule has 1 unspecified atom stereocenters. The number of benzene rings is 1. The first-order chi connectivity index (χ1) is 8.64. The molecular weight excluding hydrogens is 266 g/mol. The Labute approximate surface area is 116 Å². The molecular formula is C13H18BFO3S. The van der Waals surface area contributed by atoms with Gasteiger partial charge < -0.3 is 9.31 Å².